The zero-order valence-corrected chi connectivity index (χ0v) is 10.5. The van der Waals surface area contributed by atoms with Crippen LogP contribution in [0.3, 0.4) is 0 Å². The van der Waals surface area contributed by atoms with Gasteiger partial charge in [0.1, 0.15) is 17.1 Å². The van der Waals surface area contributed by atoms with Crippen molar-refractivity contribution in [2.75, 3.05) is 12.4 Å². The van der Waals surface area contributed by atoms with Gasteiger partial charge in [-0.2, -0.15) is 0 Å². The molecule has 0 amide bonds. The quantitative estimate of drug-likeness (QED) is 0.749. The molecule has 0 spiro atoms. The van der Waals surface area contributed by atoms with Crippen LogP contribution in [-0.2, 0) is 14.3 Å². The minimum atomic E-state index is -0.823. The minimum absolute atomic E-state index is 0.0674. The van der Waals surface area contributed by atoms with E-state index in [9.17, 15) is 9.90 Å². The summed E-state index contributed by atoms with van der Waals surface area (Å²) in [7, 11) is 0. The Hall–Kier alpha value is -0.100. The fraction of sp³-hybridized carbons (Fsp3) is 0.909. The predicted molar refractivity (Wildman–Crippen MR) is 61.4 cm³/mol. The molecule has 92 valence electrons. The average molecular weight is 246 g/mol. The van der Waals surface area contributed by atoms with Crippen LogP contribution >= 0.6 is 11.8 Å². The number of aldehydes is 1. The fourth-order valence-electron chi connectivity index (χ4n) is 2.39. The smallest absolute Gasteiger partial charge is 0.168 e. The van der Waals surface area contributed by atoms with Gasteiger partial charge in [-0.05, 0) is 12.8 Å². The summed E-state index contributed by atoms with van der Waals surface area (Å²) >= 11 is 1.44. The molecule has 0 aromatic heterocycles. The third-order valence-corrected chi connectivity index (χ3v) is 5.06. The van der Waals surface area contributed by atoms with E-state index in [0.717, 1.165) is 19.1 Å². The fourth-order valence-corrected chi connectivity index (χ4v) is 3.63. The first kappa shape index (κ1) is 12.4. The lowest BCUT2D eigenvalue weighted by Gasteiger charge is -2.30. The highest BCUT2D eigenvalue weighted by molar-refractivity contribution is 8.01. The number of hydrogen-bond donors (Lipinski definition) is 1. The molecular formula is C11H18O4S. The van der Waals surface area contributed by atoms with E-state index < -0.39 is 10.5 Å². The number of rotatable bonds is 4. The second kappa shape index (κ2) is 4.29. The van der Waals surface area contributed by atoms with Crippen LogP contribution in [0.5, 0.6) is 0 Å². The number of aliphatic hydroxyl groups is 1. The van der Waals surface area contributed by atoms with Gasteiger partial charge in [0.2, 0.25) is 0 Å². The Kier molecular flexibility index (Phi) is 3.32. The van der Waals surface area contributed by atoms with Crippen LogP contribution in [0, 0.1) is 0 Å². The first-order valence-electron chi connectivity index (χ1n) is 5.72. The van der Waals surface area contributed by atoms with E-state index in [2.05, 4.69) is 0 Å². The molecule has 0 aliphatic carbocycles. The molecule has 3 atom stereocenters. The van der Waals surface area contributed by atoms with Gasteiger partial charge in [-0.25, -0.2) is 0 Å². The summed E-state index contributed by atoms with van der Waals surface area (Å²) in [6, 6.07) is 0. The molecule has 0 saturated carbocycles. The summed E-state index contributed by atoms with van der Waals surface area (Å²) < 4.78 is 11.0. The van der Waals surface area contributed by atoms with Gasteiger partial charge in [0.15, 0.2) is 5.79 Å². The van der Waals surface area contributed by atoms with Crippen molar-refractivity contribution in [2.45, 2.75) is 49.4 Å². The van der Waals surface area contributed by atoms with Gasteiger partial charge in [0.05, 0.1) is 12.7 Å². The molecule has 1 unspecified atom stereocenters. The van der Waals surface area contributed by atoms with Crippen LogP contribution in [0.2, 0.25) is 0 Å². The van der Waals surface area contributed by atoms with E-state index in [4.69, 9.17) is 9.47 Å². The Balaban J connectivity index is 2.21. The largest absolute Gasteiger partial charge is 0.394 e. The van der Waals surface area contributed by atoms with Crippen LogP contribution in [0.25, 0.3) is 0 Å². The molecule has 2 aliphatic heterocycles. The maximum Gasteiger partial charge on any atom is 0.168 e. The molecule has 2 fully saturated rings. The molecule has 0 radical (unpaired) electrons. The van der Waals surface area contributed by atoms with Gasteiger partial charge >= 0.3 is 0 Å². The average Bonchev–Trinajstić information content (AvgIpc) is 2.85. The zero-order chi connectivity index (χ0) is 11.8. The van der Waals surface area contributed by atoms with Crippen LogP contribution < -0.4 is 0 Å². The molecule has 0 aromatic rings. The molecule has 0 aromatic carbocycles. The monoisotopic (exact) mass is 246 g/mol. The second-order valence-corrected chi connectivity index (χ2v) is 5.74. The van der Waals surface area contributed by atoms with E-state index in [1.165, 1.54) is 11.8 Å². The van der Waals surface area contributed by atoms with Gasteiger partial charge in [0, 0.05) is 5.75 Å². The van der Waals surface area contributed by atoms with Crippen LogP contribution in [0.1, 0.15) is 26.7 Å². The Bertz CT molecular complexity index is 279. The molecule has 4 nitrogen and oxygen atoms in total. The first-order chi connectivity index (χ1) is 7.65. The molecule has 2 rings (SSSR count). The summed E-state index contributed by atoms with van der Waals surface area (Å²) in [5, 5.41) is 9.39. The number of carbonyl (C=O) groups is 1. The normalized spacial score (nSPS) is 40.9. The highest BCUT2D eigenvalue weighted by Crippen LogP contribution is 2.48. The van der Waals surface area contributed by atoms with Gasteiger partial charge in [0.25, 0.3) is 0 Å². The SMILES string of the molecule is CCC1(CC)O[C@H]2CSC(C=O)(CO)[C@H]2O1. The van der Waals surface area contributed by atoms with E-state index in [1.54, 1.807) is 0 Å². The third kappa shape index (κ3) is 1.61. The number of carbonyl (C=O) groups excluding carboxylic acids is 1. The topological polar surface area (TPSA) is 55.8 Å². The van der Waals surface area contributed by atoms with E-state index in [-0.39, 0.29) is 18.8 Å². The Morgan fingerprint density at radius 1 is 1.44 bits per heavy atom. The summed E-state index contributed by atoms with van der Waals surface area (Å²) in [5.74, 6) is 0.158. The summed E-state index contributed by atoms with van der Waals surface area (Å²) in [6.07, 6.45) is 1.97. The van der Waals surface area contributed by atoms with Crippen molar-refractivity contribution in [3.63, 3.8) is 0 Å². The molecule has 0 bridgehead atoms. The molecule has 16 heavy (non-hydrogen) atoms. The summed E-state index contributed by atoms with van der Waals surface area (Å²) in [6.45, 7) is 3.84. The maximum absolute atomic E-state index is 11.2. The standard InChI is InChI=1S/C11H18O4S/c1-3-11(4-2)14-8-5-16-10(6-12,7-13)9(8)15-11/h6,8-9,13H,3-5,7H2,1-2H3/t8-,9-,10?/m0/s1. The van der Waals surface area contributed by atoms with E-state index in [0.29, 0.717) is 5.75 Å². The van der Waals surface area contributed by atoms with Crippen molar-refractivity contribution in [3.8, 4) is 0 Å². The van der Waals surface area contributed by atoms with Crippen molar-refractivity contribution in [3.05, 3.63) is 0 Å². The number of thioether (sulfide) groups is 1. The summed E-state index contributed by atoms with van der Waals surface area (Å²) in [4.78, 5) is 11.2. The van der Waals surface area contributed by atoms with Crippen molar-refractivity contribution in [1.29, 1.82) is 0 Å². The first-order valence-corrected chi connectivity index (χ1v) is 6.70. The van der Waals surface area contributed by atoms with Gasteiger partial charge in [-0.1, -0.05) is 13.8 Å². The van der Waals surface area contributed by atoms with Gasteiger partial charge in [-0.3, -0.25) is 0 Å². The zero-order valence-electron chi connectivity index (χ0n) is 9.64. The number of aliphatic hydroxyl groups excluding tert-OH is 1. The van der Waals surface area contributed by atoms with Crippen molar-refractivity contribution < 1.29 is 19.4 Å². The molecule has 2 heterocycles. The highest BCUT2D eigenvalue weighted by Gasteiger charge is 2.59. The highest BCUT2D eigenvalue weighted by atomic mass is 32.2. The van der Waals surface area contributed by atoms with Gasteiger partial charge < -0.3 is 19.4 Å². The molecule has 5 heteroatoms. The molecule has 2 saturated heterocycles. The van der Waals surface area contributed by atoms with E-state index >= 15 is 0 Å². The van der Waals surface area contributed by atoms with E-state index in [1.807, 2.05) is 13.8 Å². The van der Waals surface area contributed by atoms with Crippen LogP contribution in [-0.4, -0.2) is 46.5 Å². The Morgan fingerprint density at radius 2 is 2.12 bits per heavy atom. The second-order valence-electron chi connectivity index (χ2n) is 4.35. The summed E-state index contributed by atoms with van der Waals surface area (Å²) in [5.41, 5.74) is 0. The lowest BCUT2D eigenvalue weighted by molar-refractivity contribution is -0.181. The Labute approximate surface area is 99.7 Å². The number of ether oxygens (including phenoxy) is 2. The lowest BCUT2D eigenvalue weighted by Crippen LogP contribution is -2.45. The maximum atomic E-state index is 11.2. The van der Waals surface area contributed by atoms with Crippen molar-refractivity contribution in [2.24, 2.45) is 0 Å². The predicted octanol–water partition coefficient (Wildman–Crippen LogP) is 0.963. The van der Waals surface area contributed by atoms with Crippen LogP contribution in [0.15, 0.2) is 0 Å². The third-order valence-electron chi connectivity index (χ3n) is 3.57. The minimum Gasteiger partial charge on any atom is -0.394 e. The number of fused-ring (bicyclic) bond motifs is 1. The number of hydrogen-bond acceptors (Lipinski definition) is 5. The van der Waals surface area contributed by atoms with Crippen molar-refractivity contribution in [1.82, 2.24) is 0 Å². The Morgan fingerprint density at radius 3 is 2.62 bits per heavy atom. The van der Waals surface area contributed by atoms with Crippen molar-refractivity contribution >= 4 is 18.0 Å². The molecular weight excluding hydrogens is 228 g/mol. The molecule has 1 N–H and O–H groups in total. The van der Waals surface area contributed by atoms with Crippen LogP contribution in [0.4, 0.5) is 0 Å². The lowest BCUT2D eigenvalue weighted by atomic mass is 10.0. The van der Waals surface area contributed by atoms with Gasteiger partial charge in [-0.15, -0.1) is 11.8 Å². The molecule has 2 aliphatic rings.